The SMILES string of the molecule is C[C@@H]1OCC2(CCN(c3cnc(Sc4ccnc(Nc5ncc(C(F)(F)F)c(-c6cn(C)c7ccccc67)n5)c4Cl)cn3)CC2)[C@@H]1N.Cl. The third-order valence-corrected chi connectivity index (χ3v) is 10.6. The third kappa shape index (κ3) is 6.39. The normalized spacial score (nSPS) is 19.1. The molecule has 252 valence electrons. The summed E-state index contributed by atoms with van der Waals surface area (Å²) in [5.41, 5.74) is 6.40. The number of aromatic nitrogens is 6. The third-order valence-electron chi connectivity index (χ3n) is 9.09. The van der Waals surface area contributed by atoms with Gasteiger partial charge in [-0.05, 0) is 31.9 Å². The Hall–Kier alpha value is -3.69. The molecule has 0 bridgehead atoms. The number of para-hydroxylation sites is 1. The number of nitrogens with one attached hydrogen (secondary N) is 1. The summed E-state index contributed by atoms with van der Waals surface area (Å²) in [6.07, 6.45) is 4.65. The lowest BCUT2D eigenvalue weighted by atomic mass is 9.73. The van der Waals surface area contributed by atoms with Crippen LogP contribution in [0.5, 0.6) is 0 Å². The van der Waals surface area contributed by atoms with Crippen LogP contribution in [0.15, 0.2) is 71.2 Å². The van der Waals surface area contributed by atoms with Gasteiger partial charge >= 0.3 is 6.18 Å². The van der Waals surface area contributed by atoms with Gasteiger partial charge in [-0.1, -0.05) is 41.6 Å². The monoisotopic (exact) mass is 717 g/mol. The van der Waals surface area contributed by atoms with Gasteiger partial charge in [0.2, 0.25) is 5.95 Å². The van der Waals surface area contributed by atoms with Gasteiger partial charge in [-0.3, -0.25) is 0 Å². The second-order valence-electron chi connectivity index (χ2n) is 11.9. The molecular weight excluding hydrogens is 686 g/mol. The van der Waals surface area contributed by atoms with Gasteiger partial charge in [0, 0.05) is 71.5 Å². The van der Waals surface area contributed by atoms with E-state index >= 15 is 0 Å². The summed E-state index contributed by atoms with van der Waals surface area (Å²) in [4.78, 5) is 24.6. The lowest BCUT2D eigenvalue weighted by molar-refractivity contribution is -0.137. The van der Waals surface area contributed by atoms with Gasteiger partial charge in [-0.2, -0.15) is 13.2 Å². The Balaban J connectivity index is 0.00000401. The first-order valence-corrected chi connectivity index (χ1v) is 16.2. The van der Waals surface area contributed by atoms with Gasteiger partial charge in [0.1, 0.15) is 16.4 Å². The van der Waals surface area contributed by atoms with E-state index in [0.29, 0.717) is 27.5 Å². The van der Waals surface area contributed by atoms with E-state index in [1.165, 1.54) is 18.0 Å². The summed E-state index contributed by atoms with van der Waals surface area (Å²) >= 11 is 8.01. The molecule has 0 unspecified atom stereocenters. The van der Waals surface area contributed by atoms with E-state index in [1.54, 1.807) is 48.4 Å². The number of anilines is 3. The molecule has 4 aromatic heterocycles. The molecule has 0 amide bonds. The molecule has 2 saturated heterocycles. The van der Waals surface area contributed by atoms with Crippen LogP contribution >= 0.6 is 35.8 Å². The number of fused-ring (bicyclic) bond motifs is 1. The molecule has 10 nitrogen and oxygen atoms in total. The maximum atomic E-state index is 14.1. The van der Waals surface area contributed by atoms with Crippen LogP contribution in [0.4, 0.5) is 30.8 Å². The van der Waals surface area contributed by atoms with Crippen LogP contribution < -0.4 is 16.0 Å². The topological polar surface area (TPSA) is 120 Å². The summed E-state index contributed by atoms with van der Waals surface area (Å²) in [6, 6.07) is 8.96. The average molecular weight is 719 g/mol. The van der Waals surface area contributed by atoms with Crippen molar-refractivity contribution in [3.63, 3.8) is 0 Å². The van der Waals surface area contributed by atoms with Gasteiger partial charge in [-0.15, -0.1) is 12.4 Å². The summed E-state index contributed by atoms with van der Waals surface area (Å²) < 4.78 is 49.8. The molecule has 2 aliphatic rings. The van der Waals surface area contributed by atoms with Crippen molar-refractivity contribution in [3.05, 3.63) is 71.9 Å². The molecule has 1 aromatic carbocycles. The van der Waals surface area contributed by atoms with Crippen molar-refractivity contribution >= 4 is 64.3 Å². The van der Waals surface area contributed by atoms with Crippen LogP contribution in [0.2, 0.25) is 5.02 Å². The van der Waals surface area contributed by atoms with Crippen molar-refractivity contribution in [2.45, 2.75) is 48.0 Å². The van der Waals surface area contributed by atoms with Crippen LogP contribution in [0.25, 0.3) is 22.2 Å². The summed E-state index contributed by atoms with van der Waals surface area (Å²) in [6.45, 7) is 4.38. The number of halogens is 5. The Bertz CT molecular complexity index is 1940. The maximum Gasteiger partial charge on any atom is 0.419 e. The minimum absolute atomic E-state index is 0. The number of benzene rings is 1. The molecule has 0 aliphatic carbocycles. The van der Waals surface area contributed by atoms with Crippen molar-refractivity contribution in [1.29, 1.82) is 0 Å². The second kappa shape index (κ2) is 13.3. The number of ether oxygens (including phenoxy) is 1. The first-order valence-electron chi connectivity index (χ1n) is 15.0. The van der Waals surface area contributed by atoms with E-state index in [2.05, 4.69) is 35.1 Å². The van der Waals surface area contributed by atoms with Crippen molar-refractivity contribution in [2.75, 3.05) is 29.9 Å². The minimum atomic E-state index is -4.67. The molecule has 6 heterocycles. The lowest BCUT2D eigenvalue weighted by Gasteiger charge is -2.41. The van der Waals surface area contributed by atoms with Gasteiger partial charge in [0.05, 0.1) is 35.8 Å². The molecule has 7 rings (SSSR count). The first kappa shape index (κ1) is 34.2. The van der Waals surface area contributed by atoms with E-state index < -0.39 is 11.7 Å². The Morgan fingerprint density at radius 2 is 1.83 bits per heavy atom. The van der Waals surface area contributed by atoms with Crippen molar-refractivity contribution < 1.29 is 17.9 Å². The molecule has 2 fully saturated rings. The number of nitrogens with zero attached hydrogens (tertiary/aromatic N) is 7. The number of piperidine rings is 1. The second-order valence-corrected chi connectivity index (χ2v) is 13.4. The highest BCUT2D eigenvalue weighted by atomic mass is 35.5. The molecule has 0 radical (unpaired) electrons. The molecular formula is C32H32Cl2F3N9OS. The van der Waals surface area contributed by atoms with Gasteiger partial charge in [0.25, 0.3) is 0 Å². The molecule has 48 heavy (non-hydrogen) atoms. The van der Waals surface area contributed by atoms with Crippen molar-refractivity contribution in [1.82, 2.24) is 29.5 Å². The Morgan fingerprint density at radius 1 is 1.06 bits per heavy atom. The average Bonchev–Trinajstić information content (AvgIpc) is 3.54. The van der Waals surface area contributed by atoms with E-state index in [0.717, 1.165) is 43.5 Å². The number of pyridine rings is 1. The van der Waals surface area contributed by atoms with Crippen LogP contribution in [-0.4, -0.2) is 61.3 Å². The molecule has 0 saturated carbocycles. The quantitative estimate of drug-likeness (QED) is 0.188. The zero-order chi connectivity index (χ0) is 32.9. The molecule has 16 heteroatoms. The number of aryl methyl sites for hydroxylation is 1. The molecule has 2 aliphatic heterocycles. The highest BCUT2D eigenvalue weighted by Crippen LogP contribution is 2.43. The smallest absolute Gasteiger partial charge is 0.376 e. The maximum absolute atomic E-state index is 14.1. The fraction of sp³-hybridized carbons (Fsp3) is 0.344. The van der Waals surface area contributed by atoms with Gasteiger partial charge in [-0.25, -0.2) is 24.9 Å². The fourth-order valence-corrected chi connectivity index (χ4v) is 7.40. The van der Waals surface area contributed by atoms with Crippen LogP contribution in [0, 0.1) is 5.41 Å². The molecule has 5 aromatic rings. The van der Waals surface area contributed by atoms with Crippen molar-refractivity contribution in [2.24, 2.45) is 18.2 Å². The highest BCUT2D eigenvalue weighted by Gasteiger charge is 2.47. The largest absolute Gasteiger partial charge is 0.419 e. The zero-order valence-corrected chi connectivity index (χ0v) is 28.3. The standard InChI is InChI=1S/C32H31ClF3N9OS.ClH/c1-18-28(37)31(17-46-18)8-11-45(12-9-31)24-14-40-25(15-39-24)47-23-7-10-38-29(26(23)33)43-30-41-13-21(32(34,35)36)27(42-30)20-16-44(2)22-6-4-3-5-19(20)22;/h3-7,10,13-16,18,28H,8-9,11-12,17,37H2,1-2H3,(H,38,41,42,43);1H/t18-,28+;/m0./s1. The van der Waals surface area contributed by atoms with E-state index in [4.69, 9.17) is 22.1 Å². The zero-order valence-electron chi connectivity index (χ0n) is 25.9. The molecule has 1 spiro atoms. The predicted octanol–water partition coefficient (Wildman–Crippen LogP) is 7.14. The summed E-state index contributed by atoms with van der Waals surface area (Å²) in [5.74, 6) is 0.898. The summed E-state index contributed by atoms with van der Waals surface area (Å²) in [5, 5.41) is 4.40. The predicted molar refractivity (Wildman–Crippen MR) is 182 cm³/mol. The number of nitrogens with two attached hydrogens (primary N) is 1. The van der Waals surface area contributed by atoms with Gasteiger partial charge in [0.15, 0.2) is 5.82 Å². The van der Waals surface area contributed by atoms with E-state index in [-0.39, 0.29) is 52.5 Å². The van der Waals surface area contributed by atoms with Crippen molar-refractivity contribution in [3.8, 4) is 11.3 Å². The number of rotatable bonds is 6. The lowest BCUT2D eigenvalue weighted by Crippen LogP contribution is -2.50. The molecule has 2 atom stereocenters. The van der Waals surface area contributed by atoms with E-state index in [9.17, 15) is 13.2 Å². The van der Waals surface area contributed by atoms with Crippen LogP contribution in [0.3, 0.4) is 0 Å². The number of alkyl halides is 3. The molecule has 3 N–H and O–H groups in total. The van der Waals surface area contributed by atoms with Gasteiger partial charge < -0.3 is 25.3 Å². The Labute approximate surface area is 290 Å². The van der Waals surface area contributed by atoms with E-state index in [1.807, 2.05) is 19.1 Å². The summed E-state index contributed by atoms with van der Waals surface area (Å²) in [7, 11) is 1.77. The number of hydrogen-bond acceptors (Lipinski definition) is 10. The fourth-order valence-electron chi connectivity index (χ4n) is 6.38. The van der Waals surface area contributed by atoms with Crippen LogP contribution in [0.1, 0.15) is 25.3 Å². The minimum Gasteiger partial charge on any atom is -0.376 e. The Kier molecular flexibility index (Phi) is 9.48. The van der Waals surface area contributed by atoms with Crippen LogP contribution in [-0.2, 0) is 18.0 Å². The first-order chi connectivity index (χ1) is 22.5. The number of hydrogen-bond donors (Lipinski definition) is 2. The highest BCUT2D eigenvalue weighted by molar-refractivity contribution is 7.99. The Morgan fingerprint density at radius 3 is 2.52 bits per heavy atom.